The van der Waals surface area contributed by atoms with Gasteiger partial charge in [-0.1, -0.05) is 6.92 Å². The minimum atomic E-state index is -0.432. The molecule has 0 spiro atoms. The predicted molar refractivity (Wildman–Crippen MR) is 52.4 cm³/mol. The van der Waals surface area contributed by atoms with Crippen molar-refractivity contribution in [3.05, 3.63) is 0 Å². The zero-order chi connectivity index (χ0) is 9.90. The van der Waals surface area contributed by atoms with E-state index in [0.717, 1.165) is 19.3 Å². The number of ether oxygens (including phenoxy) is 2. The number of hydrogen-bond acceptors (Lipinski definition) is 3. The van der Waals surface area contributed by atoms with Gasteiger partial charge in [0.05, 0.1) is 12.2 Å². The summed E-state index contributed by atoms with van der Waals surface area (Å²) < 4.78 is 11.5. The first-order valence-corrected chi connectivity index (χ1v) is 5.13. The van der Waals surface area contributed by atoms with Gasteiger partial charge in [0.1, 0.15) is 0 Å². The highest BCUT2D eigenvalue weighted by Gasteiger charge is 2.33. The van der Waals surface area contributed by atoms with E-state index in [2.05, 4.69) is 6.92 Å². The monoisotopic (exact) mass is 187 g/mol. The molecule has 0 unspecified atom stereocenters. The van der Waals surface area contributed by atoms with E-state index in [-0.39, 0.29) is 6.10 Å². The van der Waals surface area contributed by atoms with Crippen LogP contribution in [0, 0.1) is 0 Å². The first kappa shape index (κ1) is 11.0. The lowest BCUT2D eigenvalue weighted by molar-refractivity contribution is -0.300. The van der Waals surface area contributed by atoms with Gasteiger partial charge in [-0.15, -0.1) is 0 Å². The maximum absolute atomic E-state index is 5.74. The zero-order valence-corrected chi connectivity index (χ0v) is 8.88. The van der Waals surface area contributed by atoms with Crippen molar-refractivity contribution in [1.29, 1.82) is 0 Å². The second-order valence-corrected chi connectivity index (χ2v) is 4.10. The highest BCUT2D eigenvalue weighted by Crippen LogP contribution is 2.29. The van der Waals surface area contributed by atoms with Crippen molar-refractivity contribution >= 4 is 0 Å². The molecule has 3 nitrogen and oxygen atoms in total. The van der Waals surface area contributed by atoms with E-state index in [4.69, 9.17) is 15.2 Å². The highest BCUT2D eigenvalue weighted by atomic mass is 16.7. The average Bonchev–Trinajstić information content (AvgIpc) is 2.02. The van der Waals surface area contributed by atoms with Crippen LogP contribution in [0.15, 0.2) is 0 Å². The Labute approximate surface area is 80.6 Å². The van der Waals surface area contributed by atoms with Crippen LogP contribution in [-0.4, -0.2) is 24.5 Å². The Morgan fingerprint density at radius 1 is 1.31 bits per heavy atom. The van der Waals surface area contributed by atoms with Crippen LogP contribution in [-0.2, 0) is 9.47 Å². The van der Waals surface area contributed by atoms with Crippen LogP contribution < -0.4 is 5.73 Å². The van der Waals surface area contributed by atoms with E-state index in [0.29, 0.717) is 12.6 Å². The summed E-state index contributed by atoms with van der Waals surface area (Å²) in [5.41, 5.74) is 5.51. The van der Waals surface area contributed by atoms with Crippen LogP contribution in [0.1, 0.15) is 40.0 Å². The number of nitrogens with two attached hydrogens (primary N) is 1. The third kappa shape index (κ3) is 3.25. The molecule has 1 aliphatic heterocycles. The van der Waals surface area contributed by atoms with Crippen molar-refractivity contribution in [2.24, 2.45) is 5.73 Å². The Hall–Kier alpha value is -0.120. The molecule has 1 saturated heterocycles. The molecule has 0 aromatic rings. The van der Waals surface area contributed by atoms with Crippen molar-refractivity contribution in [3.8, 4) is 0 Å². The highest BCUT2D eigenvalue weighted by molar-refractivity contribution is 4.75. The third-order valence-electron chi connectivity index (χ3n) is 2.37. The standard InChI is InChI=1S/C10H21NO2/c1-4-8-7-9(5-6-11)13-10(2,3)12-8/h8-9H,4-7,11H2,1-3H3/t8-,9+/m0/s1. The van der Waals surface area contributed by atoms with Crippen molar-refractivity contribution < 1.29 is 9.47 Å². The SMILES string of the molecule is CC[C@H]1C[C@@H](CCN)OC(C)(C)O1. The molecule has 0 amide bonds. The van der Waals surface area contributed by atoms with Crippen LogP contribution >= 0.6 is 0 Å². The van der Waals surface area contributed by atoms with Crippen molar-refractivity contribution in [3.63, 3.8) is 0 Å². The van der Waals surface area contributed by atoms with Crippen LogP contribution in [0.4, 0.5) is 0 Å². The molecule has 2 N–H and O–H groups in total. The van der Waals surface area contributed by atoms with E-state index < -0.39 is 5.79 Å². The Morgan fingerprint density at radius 3 is 2.46 bits per heavy atom. The average molecular weight is 187 g/mol. The van der Waals surface area contributed by atoms with Crippen molar-refractivity contribution in [2.75, 3.05) is 6.54 Å². The number of hydrogen-bond donors (Lipinski definition) is 1. The molecular weight excluding hydrogens is 166 g/mol. The van der Waals surface area contributed by atoms with E-state index in [1.54, 1.807) is 0 Å². The summed E-state index contributed by atoms with van der Waals surface area (Å²) in [6, 6.07) is 0. The van der Waals surface area contributed by atoms with Gasteiger partial charge < -0.3 is 15.2 Å². The molecule has 0 bridgehead atoms. The molecule has 2 atom stereocenters. The predicted octanol–water partition coefficient (Wildman–Crippen LogP) is 1.66. The topological polar surface area (TPSA) is 44.5 Å². The van der Waals surface area contributed by atoms with Gasteiger partial charge in [0.2, 0.25) is 0 Å². The molecule has 1 fully saturated rings. The molecular formula is C10H21NO2. The summed E-state index contributed by atoms with van der Waals surface area (Å²) in [6.45, 7) is 6.78. The lowest BCUT2D eigenvalue weighted by Crippen LogP contribution is -2.44. The molecule has 0 saturated carbocycles. The van der Waals surface area contributed by atoms with E-state index in [1.807, 2.05) is 13.8 Å². The fourth-order valence-electron chi connectivity index (χ4n) is 1.83. The Kier molecular flexibility index (Phi) is 3.71. The largest absolute Gasteiger partial charge is 0.347 e. The van der Waals surface area contributed by atoms with Crippen LogP contribution in [0.2, 0.25) is 0 Å². The second kappa shape index (κ2) is 4.40. The Morgan fingerprint density at radius 2 is 1.92 bits per heavy atom. The molecule has 0 aromatic carbocycles. The van der Waals surface area contributed by atoms with Gasteiger partial charge in [0, 0.05) is 6.42 Å². The van der Waals surface area contributed by atoms with Crippen LogP contribution in [0.5, 0.6) is 0 Å². The molecule has 78 valence electrons. The summed E-state index contributed by atoms with van der Waals surface area (Å²) in [4.78, 5) is 0. The summed E-state index contributed by atoms with van der Waals surface area (Å²) >= 11 is 0. The van der Waals surface area contributed by atoms with Gasteiger partial charge in [-0.25, -0.2) is 0 Å². The maximum atomic E-state index is 5.74. The minimum absolute atomic E-state index is 0.277. The molecule has 0 aromatic heterocycles. The van der Waals surface area contributed by atoms with E-state index in [9.17, 15) is 0 Å². The van der Waals surface area contributed by atoms with Crippen LogP contribution in [0.25, 0.3) is 0 Å². The zero-order valence-electron chi connectivity index (χ0n) is 8.88. The summed E-state index contributed by atoms with van der Waals surface area (Å²) in [5.74, 6) is -0.432. The second-order valence-electron chi connectivity index (χ2n) is 4.10. The van der Waals surface area contributed by atoms with Gasteiger partial charge in [0.25, 0.3) is 0 Å². The molecule has 0 aliphatic carbocycles. The van der Waals surface area contributed by atoms with Crippen molar-refractivity contribution in [2.45, 2.75) is 58.0 Å². The fraction of sp³-hybridized carbons (Fsp3) is 1.00. The maximum Gasteiger partial charge on any atom is 0.163 e. The van der Waals surface area contributed by atoms with E-state index in [1.165, 1.54) is 0 Å². The van der Waals surface area contributed by atoms with E-state index >= 15 is 0 Å². The quantitative estimate of drug-likeness (QED) is 0.730. The van der Waals surface area contributed by atoms with Gasteiger partial charge >= 0.3 is 0 Å². The lowest BCUT2D eigenvalue weighted by atomic mass is 10.0. The molecule has 3 heteroatoms. The smallest absolute Gasteiger partial charge is 0.163 e. The molecule has 0 radical (unpaired) electrons. The molecule has 1 aliphatic rings. The Balaban J connectivity index is 2.49. The third-order valence-corrected chi connectivity index (χ3v) is 2.37. The molecule has 1 rings (SSSR count). The van der Waals surface area contributed by atoms with Gasteiger partial charge in [-0.3, -0.25) is 0 Å². The first-order valence-electron chi connectivity index (χ1n) is 5.13. The molecule has 1 heterocycles. The summed E-state index contributed by atoms with van der Waals surface area (Å²) in [5, 5.41) is 0. The van der Waals surface area contributed by atoms with Gasteiger partial charge in [-0.05, 0) is 33.2 Å². The number of rotatable bonds is 3. The van der Waals surface area contributed by atoms with Crippen LogP contribution in [0.3, 0.4) is 0 Å². The van der Waals surface area contributed by atoms with Crippen molar-refractivity contribution in [1.82, 2.24) is 0 Å². The molecule has 13 heavy (non-hydrogen) atoms. The summed E-state index contributed by atoms with van der Waals surface area (Å²) in [6.07, 6.45) is 3.58. The van der Waals surface area contributed by atoms with Gasteiger partial charge in [0.15, 0.2) is 5.79 Å². The Bertz CT molecular complexity index is 159. The van der Waals surface area contributed by atoms with Gasteiger partial charge in [-0.2, -0.15) is 0 Å². The first-order chi connectivity index (χ1) is 6.07. The normalized spacial score (nSPS) is 33.2. The lowest BCUT2D eigenvalue weighted by Gasteiger charge is -2.40. The minimum Gasteiger partial charge on any atom is -0.347 e. The fourth-order valence-corrected chi connectivity index (χ4v) is 1.83. The summed E-state index contributed by atoms with van der Waals surface area (Å²) in [7, 11) is 0.